The Labute approximate surface area is 169 Å². The predicted molar refractivity (Wildman–Crippen MR) is 110 cm³/mol. The van der Waals surface area contributed by atoms with E-state index < -0.39 is 0 Å². The van der Waals surface area contributed by atoms with Crippen molar-refractivity contribution in [1.82, 2.24) is 24.1 Å². The molecule has 0 aromatic carbocycles. The molecule has 0 saturated heterocycles. The molecule has 2 saturated carbocycles. The number of imidazole rings is 1. The molecule has 8 heteroatoms. The van der Waals surface area contributed by atoms with Crippen LogP contribution in [0.3, 0.4) is 0 Å². The minimum atomic E-state index is 0.320. The summed E-state index contributed by atoms with van der Waals surface area (Å²) in [4.78, 5) is 9.44. The van der Waals surface area contributed by atoms with Crippen molar-refractivity contribution in [2.24, 2.45) is 18.7 Å². The number of nitrogens with zero attached hydrogens (tertiary/aromatic N) is 5. The third-order valence-electron chi connectivity index (χ3n) is 6.09. The van der Waals surface area contributed by atoms with Crippen LogP contribution < -0.4 is 11.1 Å². The topological polar surface area (TPSA) is 86.1 Å². The summed E-state index contributed by atoms with van der Waals surface area (Å²) in [5.74, 6) is 1.54. The van der Waals surface area contributed by atoms with E-state index in [0.717, 1.165) is 60.9 Å². The van der Waals surface area contributed by atoms with Gasteiger partial charge in [-0.05, 0) is 50.9 Å². The molecule has 3 aromatic heterocycles. The summed E-state index contributed by atoms with van der Waals surface area (Å²) < 4.78 is 3.90. The Kier molecular flexibility index (Phi) is 4.51. The quantitative estimate of drug-likeness (QED) is 0.686. The van der Waals surface area contributed by atoms with Crippen molar-refractivity contribution in [2.75, 3.05) is 5.32 Å². The average molecular weight is 400 g/mol. The van der Waals surface area contributed by atoms with Gasteiger partial charge in [0.2, 0.25) is 5.95 Å². The van der Waals surface area contributed by atoms with E-state index in [1.807, 2.05) is 28.5 Å². The van der Waals surface area contributed by atoms with Gasteiger partial charge in [0.15, 0.2) is 5.65 Å². The van der Waals surface area contributed by atoms with Gasteiger partial charge in [0.25, 0.3) is 0 Å². The number of anilines is 1. The Bertz CT molecular complexity index is 996. The summed E-state index contributed by atoms with van der Waals surface area (Å²) in [5.41, 5.74) is 9.76. The largest absolute Gasteiger partial charge is 0.353 e. The lowest BCUT2D eigenvalue weighted by atomic mass is 9.92. The van der Waals surface area contributed by atoms with Crippen molar-refractivity contribution in [3.63, 3.8) is 0 Å². The highest BCUT2D eigenvalue weighted by Crippen LogP contribution is 2.38. The van der Waals surface area contributed by atoms with Crippen LogP contribution in [0.2, 0.25) is 5.02 Å². The van der Waals surface area contributed by atoms with Crippen LogP contribution in [0.25, 0.3) is 16.9 Å². The molecule has 0 bridgehead atoms. The van der Waals surface area contributed by atoms with E-state index in [-0.39, 0.29) is 0 Å². The monoisotopic (exact) mass is 399 g/mol. The van der Waals surface area contributed by atoms with Gasteiger partial charge in [-0.25, -0.2) is 9.97 Å². The van der Waals surface area contributed by atoms with Gasteiger partial charge in [0.1, 0.15) is 10.7 Å². The number of nitrogens with one attached hydrogen (secondary N) is 1. The fraction of sp³-hybridized carbons (Fsp3) is 0.550. The second-order valence-electron chi connectivity index (χ2n) is 8.25. The van der Waals surface area contributed by atoms with E-state index >= 15 is 0 Å². The standard InChI is InChI=1S/C20H26ClN7/c1-27-16(10-12-2-3-12)15(11-24-27)18-17(21)19-23-8-9-28(19)20(26-18)25-14-6-4-13(22)5-7-14/h8-9,11-14H,2-7,10,22H2,1H3,(H,25,26). The first-order chi connectivity index (χ1) is 13.6. The third kappa shape index (κ3) is 3.26. The van der Waals surface area contributed by atoms with Gasteiger partial charge < -0.3 is 11.1 Å². The Morgan fingerprint density at radius 3 is 2.75 bits per heavy atom. The summed E-state index contributed by atoms with van der Waals surface area (Å²) in [6.07, 6.45) is 13.4. The van der Waals surface area contributed by atoms with Gasteiger partial charge in [0.05, 0.1) is 6.20 Å². The molecule has 28 heavy (non-hydrogen) atoms. The molecule has 0 unspecified atom stereocenters. The lowest BCUT2D eigenvalue weighted by molar-refractivity contribution is 0.409. The number of rotatable bonds is 5. The maximum Gasteiger partial charge on any atom is 0.209 e. The van der Waals surface area contributed by atoms with Crippen molar-refractivity contribution in [2.45, 2.75) is 57.0 Å². The number of hydrogen-bond acceptors (Lipinski definition) is 5. The van der Waals surface area contributed by atoms with Crippen LogP contribution in [0.4, 0.5) is 5.95 Å². The third-order valence-corrected chi connectivity index (χ3v) is 6.44. The van der Waals surface area contributed by atoms with Gasteiger partial charge in [-0.3, -0.25) is 9.08 Å². The lowest BCUT2D eigenvalue weighted by Gasteiger charge is -2.27. The molecular formula is C20H26ClN7. The van der Waals surface area contributed by atoms with Gasteiger partial charge >= 0.3 is 0 Å². The summed E-state index contributed by atoms with van der Waals surface area (Å²) >= 11 is 6.76. The summed E-state index contributed by atoms with van der Waals surface area (Å²) in [7, 11) is 1.99. The summed E-state index contributed by atoms with van der Waals surface area (Å²) in [6, 6.07) is 0.687. The molecule has 3 N–H and O–H groups in total. The Balaban J connectivity index is 1.55. The Morgan fingerprint density at radius 1 is 1.21 bits per heavy atom. The number of aryl methyl sites for hydroxylation is 1. The molecule has 0 radical (unpaired) electrons. The van der Waals surface area contributed by atoms with Gasteiger partial charge in [-0.15, -0.1) is 0 Å². The zero-order valence-corrected chi connectivity index (χ0v) is 16.9. The molecule has 2 aliphatic carbocycles. The zero-order chi connectivity index (χ0) is 19.3. The molecule has 3 heterocycles. The molecular weight excluding hydrogens is 374 g/mol. The maximum absolute atomic E-state index is 6.76. The van der Waals surface area contributed by atoms with Gasteiger partial charge in [0, 0.05) is 42.8 Å². The maximum atomic E-state index is 6.76. The highest BCUT2D eigenvalue weighted by Gasteiger charge is 2.27. The van der Waals surface area contributed by atoms with Crippen LogP contribution in [0.15, 0.2) is 18.6 Å². The minimum Gasteiger partial charge on any atom is -0.353 e. The van der Waals surface area contributed by atoms with Crippen LogP contribution in [-0.4, -0.2) is 36.2 Å². The summed E-state index contributed by atoms with van der Waals surface area (Å²) in [6.45, 7) is 0. The van der Waals surface area contributed by atoms with Crippen molar-refractivity contribution in [1.29, 1.82) is 0 Å². The normalized spacial score (nSPS) is 22.7. The van der Waals surface area contributed by atoms with Crippen molar-refractivity contribution >= 4 is 23.2 Å². The van der Waals surface area contributed by atoms with Crippen LogP contribution >= 0.6 is 11.6 Å². The molecule has 2 fully saturated rings. The van der Waals surface area contributed by atoms with Gasteiger partial charge in [-0.1, -0.05) is 11.6 Å². The van der Waals surface area contributed by atoms with E-state index in [1.54, 1.807) is 6.20 Å². The van der Waals surface area contributed by atoms with E-state index in [1.165, 1.54) is 18.5 Å². The number of halogens is 1. The second-order valence-corrected chi connectivity index (χ2v) is 8.63. The molecule has 3 aromatic rings. The predicted octanol–water partition coefficient (Wildman–Crippen LogP) is 3.42. The molecule has 0 atom stereocenters. The SMILES string of the molecule is Cn1ncc(-c2nc(NC3CCC(N)CC3)n3ccnc3c2Cl)c1CC1CC1. The minimum absolute atomic E-state index is 0.320. The van der Waals surface area contributed by atoms with E-state index in [9.17, 15) is 0 Å². The van der Waals surface area contributed by atoms with Gasteiger partial charge in [-0.2, -0.15) is 5.10 Å². The molecule has 148 valence electrons. The molecule has 7 nitrogen and oxygen atoms in total. The number of hydrogen-bond donors (Lipinski definition) is 2. The first-order valence-electron chi connectivity index (χ1n) is 10.2. The second kappa shape index (κ2) is 7.04. The van der Waals surface area contributed by atoms with E-state index in [0.29, 0.717) is 17.1 Å². The van der Waals surface area contributed by atoms with Crippen LogP contribution in [0.1, 0.15) is 44.2 Å². The number of nitrogens with two attached hydrogens (primary N) is 1. The lowest BCUT2D eigenvalue weighted by Crippen LogP contribution is -2.33. The van der Waals surface area contributed by atoms with Crippen molar-refractivity contribution in [3.8, 4) is 11.3 Å². The number of aromatic nitrogens is 5. The fourth-order valence-corrected chi connectivity index (χ4v) is 4.46. The first kappa shape index (κ1) is 17.9. The Morgan fingerprint density at radius 2 is 2.00 bits per heavy atom. The summed E-state index contributed by atoms with van der Waals surface area (Å²) in [5, 5.41) is 8.69. The van der Waals surface area contributed by atoms with E-state index in [4.69, 9.17) is 22.3 Å². The average Bonchev–Trinajstić information content (AvgIpc) is 3.23. The Hall–Kier alpha value is -2.12. The van der Waals surface area contributed by atoms with Crippen molar-refractivity contribution in [3.05, 3.63) is 29.3 Å². The highest BCUT2D eigenvalue weighted by atomic mass is 35.5. The molecule has 0 spiro atoms. The zero-order valence-electron chi connectivity index (χ0n) is 16.1. The van der Waals surface area contributed by atoms with Crippen LogP contribution in [0, 0.1) is 5.92 Å². The van der Waals surface area contributed by atoms with Crippen molar-refractivity contribution < 1.29 is 0 Å². The smallest absolute Gasteiger partial charge is 0.209 e. The van der Waals surface area contributed by atoms with Crippen LogP contribution in [-0.2, 0) is 13.5 Å². The van der Waals surface area contributed by atoms with E-state index in [2.05, 4.69) is 15.4 Å². The molecule has 0 aliphatic heterocycles. The first-order valence-corrected chi connectivity index (χ1v) is 10.5. The van der Waals surface area contributed by atoms with Crippen LogP contribution in [0.5, 0.6) is 0 Å². The fourth-order valence-electron chi connectivity index (χ4n) is 4.18. The highest BCUT2D eigenvalue weighted by molar-refractivity contribution is 6.36. The molecule has 0 amide bonds. The molecule has 5 rings (SSSR count). The number of fused-ring (bicyclic) bond motifs is 1. The molecule has 2 aliphatic rings.